The Morgan fingerprint density at radius 1 is 1.44 bits per heavy atom. The molecule has 0 aromatic heterocycles. The van der Waals surface area contributed by atoms with Crippen molar-refractivity contribution in [3.05, 3.63) is 29.3 Å². The van der Waals surface area contributed by atoms with Crippen molar-refractivity contribution in [3.63, 3.8) is 0 Å². The number of carbonyl (C=O) groups is 1. The minimum Gasteiger partial charge on any atom is -0.496 e. The molecule has 0 bridgehead atoms. The predicted molar refractivity (Wildman–Crippen MR) is 63.0 cm³/mol. The van der Waals surface area contributed by atoms with Gasteiger partial charge in [0.2, 0.25) is 0 Å². The Labute approximate surface area is 96.1 Å². The Hall–Kier alpha value is -1.51. The highest BCUT2D eigenvalue weighted by molar-refractivity contribution is 5.69. The van der Waals surface area contributed by atoms with Gasteiger partial charge in [0.25, 0.3) is 0 Å². The van der Waals surface area contributed by atoms with Crippen molar-refractivity contribution in [1.82, 2.24) is 0 Å². The van der Waals surface area contributed by atoms with Gasteiger partial charge in [-0.1, -0.05) is 31.5 Å². The Balaban J connectivity index is 3.18. The Morgan fingerprint density at radius 2 is 2.06 bits per heavy atom. The maximum absolute atomic E-state index is 10.8. The van der Waals surface area contributed by atoms with Crippen LogP contribution in [0.3, 0.4) is 0 Å². The maximum Gasteiger partial charge on any atom is 0.304 e. The van der Waals surface area contributed by atoms with Gasteiger partial charge in [-0.15, -0.1) is 0 Å². The molecule has 0 fully saturated rings. The van der Waals surface area contributed by atoms with Gasteiger partial charge in [0.1, 0.15) is 5.75 Å². The third-order valence-electron chi connectivity index (χ3n) is 2.68. The molecule has 0 saturated heterocycles. The van der Waals surface area contributed by atoms with Crippen LogP contribution in [-0.4, -0.2) is 18.2 Å². The summed E-state index contributed by atoms with van der Waals surface area (Å²) in [6, 6.07) is 5.83. The van der Waals surface area contributed by atoms with E-state index < -0.39 is 11.4 Å². The van der Waals surface area contributed by atoms with Crippen LogP contribution in [0.15, 0.2) is 18.2 Å². The first-order valence-corrected chi connectivity index (χ1v) is 5.24. The van der Waals surface area contributed by atoms with Gasteiger partial charge in [0, 0.05) is 11.0 Å². The van der Waals surface area contributed by atoms with Crippen LogP contribution in [0.2, 0.25) is 0 Å². The average Bonchev–Trinajstić information content (AvgIpc) is 2.15. The van der Waals surface area contributed by atoms with Gasteiger partial charge in [-0.25, -0.2) is 0 Å². The molecular formula is C13H18O3. The van der Waals surface area contributed by atoms with Crippen LogP contribution in [0.1, 0.15) is 31.4 Å². The van der Waals surface area contributed by atoms with E-state index in [-0.39, 0.29) is 6.42 Å². The number of rotatable bonds is 4. The number of hydrogen-bond acceptors (Lipinski definition) is 2. The normalized spacial score (nSPS) is 11.2. The van der Waals surface area contributed by atoms with E-state index in [0.29, 0.717) is 0 Å². The molecule has 1 N–H and O–H groups in total. The summed E-state index contributed by atoms with van der Waals surface area (Å²) in [5, 5.41) is 8.90. The van der Waals surface area contributed by atoms with Crippen molar-refractivity contribution in [2.24, 2.45) is 0 Å². The standard InChI is InChI=1S/C13H18O3/c1-9-5-6-11(16-4)10(7-9)13(2,3)8-12(14)15/h5-7H,8H2,1-4H3,(H,14,15). The second kappa shape index (κ2) is 4.56. The first-order valence-electron chi connectivity index (χ1n) is 5.24. The van der Waals surface area contributed by atoms with Crippen LogP contribution in [0.4, 0.5) is 0 Å². The topological polar surface area (TPSA) is 46.5 Å². The third-order valence-corrected chi connectivity index (χ3v) is 2.68. The number of aliphatic carboxylic acids is 1. The van der Waals surface area contributed by atoms with E-state index in [1.165, 1.54) is 0 Å². The van der Waals surface area contributed by atoms with Crippen LogP contribution < -0.4 is 4.74 Å². The lowest BCUT2D eigenvalue weighted by molar-refractivity contribution is -0.138. The van der Waals surface area contributed by atoms with Crippen molar-refractivity contribution >= 4 is 5.97 Å². The van der Waals surface area contributed by atoms with Crippen molar-refractivity contribution in [1.29, 1.82) is 0 Å². The summed E-state index contributed by atoms with van der Waals surface area (Å²) in [4.78, 5) is 10.8. The first kappa shape index (κ1) is 12.6. The fourth-order valence-electron chi connectivity index (χ4n) is 1.82. The number of aryl methyl sites for hydroxylation is 1. The zero-order chi connectivity index (χ0) is 12.3. The summed E-state index contributed by atoms with van der Waals surface area (Å²) in [6.45, 7) is 5.82. The van der Waals surface area contributed by atoms with E-state index in [4.69, 9.17) is 9.84 Å². The van der Waals surface area contributed by atoms with Crippen LogP contribution in [0.5, 0.6) is 5.75 Å². The predicted octanol–water partition coefficient (Wildman–Crippen LogP) is 2.76. The third kappa shape index (κ3) is 2.75. The van der Waals surface area contributed by atoms with Crippen LogP contribution in [-0.2, 0) is 10.2 Å². The Bertz CT molecular complexity index is 394. The van der Waals surface area contributed by atoms with Gasteiger partial charge < -0.3 is 9.84 Å². The molecule has 0 aliphatic heterocycles. The second-order valence-electron chi connectivity index (χ2n) is 4.66. The number of carboxylic acids is 1. The molecule has 1 rings (SSSR count). The van der Waals surface area contributed by atoms with Gasteiger partial charge in [0.05, 0.1) is 13.5 Å². The molecule has 0 heterocycles. The van der Waals surface area contributed by atoms with Gasteiger partial charge >= 0.3 is 5.97 Å². The summed E-state index contributed by atoms with van der Waals surface area (Å²) >= 11 is 0. The summed E-state index contributed by atoms with van der Waals surface area (Å²) in [5.74, 6) is -0.0505. The van der Waals surface area contributed by atoms with Gasteiger partial charge in [0.15, 0.2) is 0 Å². The Kier molecular flexibility index (Phi) is 3.58. The number of benzene rings is 1. The lowest BCUT2D eigenvalue weighted by Gasteiger charge is -2.25. The van der Waals surface area contributed by atoms with E-state index in [1.807, 2.05) is 39.0 Å². The SMILES string of the molecule is COc1ccc(C)cc1C(C)(C)CC(=O)O. The molecule has 0 atom stereocenters. The lowest BCUT2D eigenvalue weighted by atomic mass is 9.80. The summed E-state index contributed by atoms with van der Waals surface area (Å²) in [6.07, 6.45) is 0.0901. The molecule has 0 radical (unpaired) electrons. The van der Waals surface area contributed by atoms with Crippen LogP contribution >= 0.6 is 0 Å². The van der Waals surface area contributed by atoms with Gasteiger partial charge in [-0.05, 0) is 13.0 Å². The maximum atomic E-state index is 10.8. The van der Waals surface area contributed by atoms with Gasteiger partial charge in [-0.3, -0.25) is 4.79 Å². The fraction of sp³-hybridized carbons (Fsp3) is 0.462. The van der Waals surface area contributed by atoms with Gasteiger partial charge in [-0.2, -0.15) is 0 Å². The average molecular weight is 222 g/mol. The van der Waals surface area contributed by atoms with Crippen LogP contribution in [0.25, 0.3) is 0 Å². The molecule has 0 amide bonds. The molecule has 0 saturated carbocycles. The molecule has 1 aromatic rings. The number of ether oxygens (including phenoxy) is 1. The summed E-state index contributed by atoms with van der Waals surface area (Å²) < 4.78 is 5.28. The second-order valence-corrected chi connectivity index (χ2v) is 4.66. The molecule has 0 unspecified atom stereocenters. The lowest BCUT2D eigenvalue weighted by Crippen LogP contribution is -2.22. The fourth-order valence-corrected chi connectivity index (χ4v) is 1.82. The van der Waals surface area contributed by atoms with Crippen LogP contribution in [0, 0.1) is 6.92 Å². The highest BCUT2D eigenvalue weighted by Gasteiger charge is 2.27. The first-order chi connectivity index (χ1) is 7.36. The van der Waals surface area contributed by atoms with E-state index in [2.05, 4.69) is 0 Å². The molecule has 0 aliphatic rings. The monoisotopic (exact) mass is 222 g/mol. The summed E-state index contributed by atoms with van der Waals surface area (Å²) in [5.41, 5.74) is 1.62. The van der Waals surface area contributed by atoms with E-state index in [1.54, 1.807) is 7.11 Å². The quantitative estimate of drug-likeness (QED) is 0.852. The smallest absolute Gasteiger partial charge is 0.304 e. The minimum absolute atomic E-state index is 0.0901. The molecule has 0 aliphatic carbocycles. The van der Waals surface area contributed by atoms with E-state index >= 15 is 0 Å². The highest BCUT2D eigenvalue weighted by Crippen LogP contribution is 2.34. The molecule has 1 aromatic carbocycles. The van der Waals surface area contributed by atoms with Crippen molar-refractivity contribution in [3.8, 4) is 5.75 Å². The number of carboxylic acid groups (broad SMARTS) is 1. The van der Waals surface area contributed by atoms with Crippen molar-refractivity contribution < 1.29 is 14.6 Å². The highest BCUT2D eigenvalue weighted by atomic mass is 16.5. The molecule has 88 valence electrons. The molecule has 3 nitrogen and oxygen atoms in total. The largest absolute Gasteiger partial charge is 0.496 e. The van der Waals surface area contributed by atoms with Crippen molar-refractivity contribution in [2.45, 2.75) is 32.6 Å². The van der Waals surface area contributed by atoms with Crippen molar-refractivity contribution in [2.75, 3.05) is 7.11 Å². The zero-order valence-corrected chi connectivity index (χ0v) is 10.2. The summed E-state index contributed by atoms with van der Waals surface area (Å²) in [7, 11) is 1.60. The number of methoxy groups -OCH3 is 1. The Morgan fingerprint density at radius 3 is 2.56 bits per heavy atom. The number of hydrogen-bond donors (Lipinski definition) is 1. The van der Waals surface area contributed by atoms with E-state index in [0.717, 1.165) is 16.9 Å². The molecule has 3 heteroatoms. The van der Waals surface area contributed by atoms with E-state index in [9.17, 15) is 4.79 Å². The molecule has 0 spiro atoms. The zero-order valence-electron chi connectivity index (χ0n) is 10.2. The minimum atomic E-state index is -0.798. The molecule has 16 heavy (non-hydrogen) atoms. The molecular weight excluding hydrogens is 204 g/mol.